The van der Waals surface area contributed by atoms with Crippen molar-refractivity contribution < 1.29 is 0 Å². The van der Waals surface area contributed by atoms with Crippen molar-refractivity contribution in [2.75, 3.05) is 0 Å². The van der Waals surface area contributed by atoms with E-state index in [-0.39, 0.29) is 5.28 Å². The second kappa shape index (κ2) is 8.50. The molecule has 4 aromatic carbocycles. The molecule has 0 radical (unpaired) electrons. The first kappa shape index (κ1) is 19.2. The van der Waals surface area contributed by atoms with Crippen molar-refractivity contribution in [3.63, 3.8) is 0 Å². The van der Waals surface area contributed by atoms with E-state index in [1.54, 1.807) is 0 Å². The third kappa shape index (κ3) is 4.23. The van der Waals surface area contributed by atoms with Gasteiger partial charge in [-0.1, -0.05) is 97.1 Å². The van der Waals surface area contributed by atoms with Crippen LogP contribution in [0.15, 0.2) is 109 Å². The number of halogens is 1. The third-order valence-corrected chi connectivity index (χ3v) is 5.23. The lowest BCUT2D eigenvalue weighted by Gasteiger charge is -2.08. The quantitative estimate of drug-likeness (QED) is 0.309. The Labute approximate surface area is 186 Å². The van der Waals surface area contributed by atoms with E-state index in [0.717, 1.165) is 33.4 Å². The molecular weight excluding hydrogens is 402 g/mol. The van der Waals surface area contributed by atoms with Crippen LogP contribution in [0.2, 0.25) is 5.28 Å². The number of hydrogen-bond acceptors (Lipinski definition) is 3. The van der Waals surface area contributed by atoms with E-state index in [9.17, 15) is 0 Å². The van der Waals surface area contributed by atoms with E-state index in [4.69, 9.17) is 16.6 Å². The molecular formula is C27H18ClN3. The molecule has 148 valence electrons. The van der Waals surface area contributed by atoms with Gasteiger partial charge in [-0.15, -0.1) is 0 Å². The molecule has 0 saturated carbocycles. The summed E-state index contributed by atoms with van der Waals surface area (Å²) in [6.45, 7) is 0. The highest BCUT2D eigenvalue weighted by Gasteiger charge is 2.11. The lowest BCUT2D eigenvalue weighted by atomic mass is 10.0. The summed E-state index contributed by atoms with van der Waals surface area (Å²) in [5, 5.41) is 0.176. The third-order valence-electron chi connectivity index (χ3n) is 5.06. The fourth-order valence-electron chi connectivity index (χ4n) is 3.55. The Morgan fingerprint density at radius 2 is 0.774 bits per heavy atom. The highest BCUT2D eigenvalue weighted by atomic mass is 35.5. The van der Waals surface area contributed by atoms with Crippen molar-refractivity contribution in [1.82, 2.24) is 15.0 Å². The summed E-state index contributed by atoms with van der Waals surface area (Å²) < 4.78 is 0. The number of rotatable bonds is 4. The zero-order chi connectivity index (χ0) is 21.0. The Bertz CT molecular complexity index is 1230. The van der Waals surface area contributed by atoms with Crippen LogP contribution in [0.3, 0.4) is 0 Å². The van der Waals surface area contributed by atoms with Crippen LogP contribution in [0.25, 0.3) is 45.0 Å². The highest BCUT2D eigenvalue weighted by Crippen LogP contribution is 2.28. The van der Waals surface area contributed by atoms with E-state index in [2.05, 4.69) is 58.5 Å². The van der Waals surface area contributed by atoms with Crippen molar-refractivity contribution >= 4 is 11.6 Å². The average molecular weight is 420 g/mol. The van der Waals surface area contributed by atoms with Crippen molar-refractivity contribution in [2.45, 2.75) is 0 Å². The summed E-state index contributed by atoms with van der Waals surface area (Å²) in [6.07, 6.45) is 0. The molecule has 0 saturated heterocycles. The topological polar surface area (TPSA) is 38.7 Å². The number of aromatic nitrogens is 3. The van der Waals surface area contributed by atoms with Crippen LogP contribution in [0.4, 0.5) is 0 Å². The van der Waals surface area contributed by atoms with Gasteiger partial charge in [-0.3, -0.25) is 0 Å². The van der Waals surface area contributed by atoms with E-state index in [1.807, 2.05) is 60.7 Å². The van der Waals surface area contributed by atoms with E-state index >= 15 is 0 Å². The first-order valence-electron chi connectivity index (χ1n) is 9.99. The molecule has 31 heavy (non-hydrogen) atoms. The van der Waals surface area contributed by atoms with E-state index < -0.39 is 0 Å². The largest absolute Gasteiger partial charge is 0.226 e. The minimum absolute atomic E-state index is 0.176. The summed E-state index contributed by atoms with van der Waals surface area (Å²) in [5.74, 6) is 1.11. The van der Waals surface area contributed by atoms with Gasteiger partial charge in [0.15, 0.2) is 11.6 Å². The maximum absolute atomic E-state index is 6.30. The van der Waals surface area contributed by atoms with Gasteiger partial charge >= 0.3 is 0 Å². The zero-order valence-corrected chi connectivity index (χ0v) is 17.4. The number of nitrogens with zero attached hydrogens (tertiary/aromatic N) is 3. The first-order chi connectivity index (χ1) is 15.3. The standard InChI is InChI=1S/C27H18ClN3/c28-27-30-25(23-15-7-13-21(17-23)19-9-3-1-4-10-19)29-26(31-27)24-16-8-14-22(18-24)20-11-5-2-6-12-20/h1-18H. The normalized spacial score (nSPS) is 10.7. The summed E-state index contributed by atoms with van der Waals surface area (Å²) >= 11 is 6.30. The molecule has 0 aliphatic rings. The van der Waals surface area contributed by atoms with Crippen LogP contribution in [0.1, 0.15) is 0 Å². The molecule has 0 atom stereocenters. The molecule has 0 unspecified atom stereocenters. The van der Waals surface area contributed by atoms with Gasteiger partial charge in [0.1, 0.15) is 0 Å². The Morgan fingerprint density at radius 1 is 0.387 bits per heavy atom. The van der Waals surface area contributed by atoms with Crippen LogP contribution in [-0.2, 0) is 0 Å². The molecule has 0 amide bonds. The van der Waals surface area contributed by atoms with Gasteiger partial charge in [-0.2, -0.15) is 9.97 Å². The van der Waals surface area contributed by atoms with E-state index in [1.165, 1.54) is 0 Å². The Hall–Kier alpha value is -3.82. The molecule has 1 heterocycles. The maximum atomic E-state index is 6.30. The fourth-order valence-corrected chi connectivity index (χ4v) is 3.71. The minimum atomic E-state index is 0.176. The van der Waals surface area contributed by atoms with Crippen molar-refractivity contribution in [2.24, 2.45) is 0 Å². The molecule has 0 bridgehead atoms. The van der Waals surface area contributed by atoms with Gasteiger partial charge < -0.3 is 0 Å². The predicted octanol–water partition coefficient (Wildman–Crippen LogP) is 7.19. The second-order valence-electron chi connectivity index (χ2n) is 7.15. The van der Waals surface area contributed by atoms with Gasteiger partial charge in [0.2, 0.25) is 5.28 Å². The Morgan fingerprint density at radius 3 is 1.23 bits per heavy atom. The van der Waals surface area contributed by atoms with Gasteiger partial charge in [-0.25, -0.2) is 4.98 Å². The zero-order valence-electron chi connectivity index (χ0n) is 16.6. The lowest BCUT2D eigenvalue weighted by Crippen LogP contribution is -1.97. The van der Waals surface area contributed by atoms with Crippen LogP contribution >= 0.6 is 11.6 Å². The molecule has 0 fully saturated rings. The van der Waals surface area contributed by atoms with Crippen LogP contribution in [0, 0.1) is 0 Å². The molecule has 0 aliphatic heterocycles. The molecule has 0 spiro atoms. The van der Waals surface area contributed by atoms with Gasteiger partial charge in [-0.05, 0) is 46.0 Å². The SMILES string of the molecule is Clc1nc(-c2cccc(-c3ccccc3)c2)nc(-c2cccc(-c3ccccc3)c2)n1. The molecule has 5 aromatic rings. The second-order valence-corrected chi connectivity index (χ2v) is 7.48. The summed E-state index contributed by atoms with van der Waals surface area (Å²) in [7, 11) is 0. The highest BCUT2D eigenvalue weighted by molar-refractivity contribution is 6.28. The Kier molecular flexibility index (Phi) is 5.26. The maximum Gasteiger partial charge on any atom is 0.226 e. The molecule has 0 aliphatic carbocycles. The number of benzene rings is 4. The lowest BCUT2D eigenvalue weighted by molar-refractivity contribution is 1.07. The van der Waals surface area contributed by atoms with Crippen LogP contribution in [0.5, 0.6) is 0 Å². The average Bonchev–Trinajstić information content (AvgIpc) is 2.85. The Balaban J connectivity index is 1.56. The molecule has 5 rings (SSSR count). The fraction of sp³-hybridized carbons (Fsp3) is 0. The van der Waals surface area contributed by atoms with Crippen molar-refractivity contribution in [3.8, 4) is 45.0 Å². The first-order valence-corrected chi connectivity index (χ1v) is 10.4. The van der Waals surface area contributed by atoms with Crippen LogP contribution in [-0.4, -0.2) is 15.0 Å². The smallest absolute Gasteiger partial charge is 0.208 e. The number of hydrogen-bond donors (Lipinski definition) is 0. The van der Waals surface area contributed by atoms with Crippen molar-refractivity contribution in [1.29, 1.82) is 0 Å². The van der Waals surface area contributed by atoms with Gasteiger partial charge in [0, 0.05) is 11.1 Å². The molecule has 3 nitrogen and oxygen atoms in total. The van der Waals surface area contributed by atoms with E-state index in [0.29, 0.717) is 11.6 Å². The monoisotopic (exact) mass is 419 g/mol. The molecule has 4 heteroatoms. The predicted molar refractivity (Wildman–Crippen MR) is 127 cm³/mol. The van der Waals surface area contributed by atoms with Crippen LogP contribution < -0.4 is 0 Å². The molecule has 1 aromatic heterocycles. The summed E-state index contributed by atoms with van der Waals surface area (Å²) in [4.78, 5) is 13.5. The minimum Gasteiger partial charge on any atom is -0.208 e. The van der Waals surface area contributed by atoms with Gasteiger partial charge in [0.25, 0.3) is 0 Å². The van der Waals surface area contributed by atoms with Gasteiger partial charge in [0.05, 0.1) is 0 Å². The van der Waals surface area contributed by atoms with Crippen molar-refractivity contribution in [3.05, 3.63) is 114 Å². The molecule has 0 N–H and O–H groups in total. The summed E-state index contributed by atoms with van der Waals surface area (Å²) in [5.41, 5.74) is 6.27. The summed E-state index contributed by atoms with van der Waals surface area (Å²) in [6, 6.07) is 36.7.